The van der Waals surface area contributed by atoms with E-state index < -0.39 is 18.7 Å². The Bertz CT molecular complexity index is 525. The highest BCUT2D eigenvalue weighted by Gasteiger charge is 2.14. The van der Waals surface area contributed by atoms with Gasteiger partial charge in [0.2, 0.25) is 5.75 Å². The van der Waals surface area contributed by atoms with E-state index in [0.29, 0.717) is 22.8 Å². The second kappa shape index (κ2) is 8.91. The van der Waals surface area contributed by atoms with Crippen molar-refractivity contribution in [1.82, 2.24) is 0 Å². The average molecular weight is 312 g/mol. The van der Waals surface area contributed by atoms with E-state index in [-0.39, 0.29) is 6.61 Å². The van der Waals surface area contributed by atoms with E-state index in [1.54, 1.807) is 12.1 Å². The normalized spacial score (nSPS) is 12.0. The molecule has 7 heteroatoms. The van der Waals surface area contributed by atoms with E-state index in [0.717, 1.165) is 0 Å². The van der Waals surface area contributed by atoms with Crippen LogP contribution in [0.1, 0.15) is 5.56 Å². The van der Waals surface area contributed by atoms with Gasteiger partial charge in [-0.15, -0.1) is 0 Å². The molecule has 2 N–H and O–H groups in total. The number of carbonyl (C=O) groups excluding carboxylic acids is 1. The van der Waals surface area contributed by atoms with Crippen molar-refractivity contribution in [3.05, 3.63) is 23.8 Å². The van der Waals surface area contributed by atoms with Gasteiger partial charge in [0, 0.05) is 11.6 Å². The van der Waals surface area contributed by atoms with Crippen LogP contribution in [0.15, 0.2) is 18.2 Å². The van der Waals surface area contributed by atoms with Gasteiger partial charge in [0.1, 0.15) is 12.7 Å². The summed E-state index contributed by atoms with van der Waals surface area (Å²) < 4.78 is 20.4. The van der Waals surface area contributed by atoms with Gasteiger partial charge in [-0.25, -0.2) is 4.79 Å². The van der Waals surface area contributed by atoms with Crippen molar-refractivity contribution in [2.45, 2.75) is 6.10 Å². The fraction of sp³-hybridized carbons (Fsp3) is 0.400. The third kappa shape index (κ3) is 4.64. The summed E-state index contributed by atoms with van der Waals surface area (Å²) in [6, 6.07) is 3.38. The maximum absolute atomic E-state index is 11.5. The van der Waals surface area contributed by atoms with Crippen molar-refractivity contribution < 1.29 is 34.0 Å². The van der Waals surface area contributed by atoms with Crippen molar-refractivity contribution in [1.29, 1.82) is 0 Å². The summed E-state index contributed by atoms with van der Waals surface area (Å²) in [5.74, 6) is 0.687. The van der Waals surface area contributed by atoms with Crippen molar-refractivity contribution >= 4 is 12.0 Å². The largest absolute Gasteiger partial charge is 0.493 e. The number of aliphatic hydroxyl groups is 2. The molecule has 7 nitrogen and oxygen atoms in total. The lowest BCUT2D eigenvalue weighted by Gasteiger charge is -2.14. The fourth-order valence-corrected chi connectivity index (χ4v) is 1.69. The lowest BCUT2D eigenvalue weighted by atomic mass is 10.1. The molecule has 0 fully saturated rings. The lowest BCUT2D eigenvalue weighted by molar-refractivity contribution is -0.141. The Balaban J connectivity index is 2.88. The number of ether oxygens (including phenoxy) is 4. The Morgan fingerprint density at radius 2 is 1.86 bits per heavy atom. The highest BCUT2D eigenvalue weighted by atomic mass is 16.5. The second-order valence-corrected chi connectivity index (χ2v) is 4.22. The SMILES string of the molecule is COc1ccc(C=CC(=O)OCC(O)CO)c(OC)c1OC. The molecule has 0 spiro atoms. The van der Waals surface area contributed by atoms with Crippen LogP contribution in [0, 0.1) is 0 Å². The van der Waals surface area contributed by atoms with Gasteiger partial charge in [0.05, 0.1) is 27.9 Å². The molecule has 122 valence electrons. The van der Waals surface area contributed by atoms with Crippen LogP contribution < -0.4 is 14.2 Å². The van der Waals surface area contributed by atoms with Gasteiger partial charge in [-0.05, 0) is 18.2 Å². The van der Waals surface area contributed by atoms with E-state index in [2.05, 4.69) is 0 Å². The Hall–Kier alpha value is -2.25. The standard InChI is InChI=1S/C15H20O7/c1-19-12-6-4-10(14(20-2)15(12)21-3)5-7-13(18)22-9-11(17)8-16/h4-7,11,16-17H,8-9H2,1-3H3. The monoisotopic (exact) mass is 312 g/mol. The van der Waals surface area contributed by atoms with Crippen LogP contribution in [0.4, 0.5) is 0 Å². The van der Waals surface area contributed by atoms with Gasteiger partial charge in [-0.2, -0.15) is 0 Å². The molecule has 0 aliphatic carbocycles. The molecule has 0 heterocycles. The zero-order valence-electron chi connectivity index (χ0n) is 12.7. The molecule has 1 unspecified atom stereocenters. The third-order valence-corrected chi connectivity index (χ3v) is 2.76. The van der Waals surface area contributed by atoms with Gasteiger partial charge in [0.25, 0.3) is 0 Å². The van der Waals surface area contributed by atoms with E-state index >= 15 is 0 Å². The minimum Gasteiger partial charge on any atom is -0.493 e. The van der Waals surface area contributed by atoms with Crippen molar-refractivity contribution in [2.24, 2.45) is 0 Å². The number of esters is 1. The minimum atomic E-state index is -1.09. The fourth-order valence-electron chi connectivity index (χ4n) is 1.69. The predicted octanol–water partition coefficient (Wildman–Crippen LogP) is 0.622. The predicted molar refractivity (Wildman–Crippen MR) is 79.2 cm³/mol. The summed E-state index contributed by atoms with van der Waals surface area (Å²) in [4.78, 5) is 11.5. The Morgan fingerprint density at radius 3 is 2.41 bits per heavy atom. The van der Waals surface area contributed by atoms with Crippen molar-refractivity contribution in [2.75, 3.05) is 34.5 Å². The molecular weight excluding hydrogens is 292 g/mol. The lowest BCUT2D eigenvalue weighted by Crippen LogP contribution is -2.21. The first kappa shape index (κ1) is 17.8. The maximum Gasteiger partial charge on any atom is 0.330 e. The van der Waals surface area contributed by atoms with E-state index in [1.807, 2.05) is 0 Å². The Morgan fingerprint density at radius 1 is 1.18 bits per heavy atom. The number of hydrogen-bond donors (Lipinski definition) is 2. The van der Waals surface area contributed by atoms with Crippen LogP contribution in [0.25, 0.3) is 6.08 Å². The number of carbonyl (C=O) groups is 1. The van der Waals surface area contributed by atoms with E-state index in [1.165, 1.54) is 33.5 Å². The molecular formula is C15H20O7. The second-order valence-electron chi connectivity index (χ2n) is 4.22. The molecule has 0 aromatic heterocycles. The van der Waals surface area contributed by atoms with Gasteiger partial charge in [0.15, 0.2) is 11.5 Å². The summed E-state index contributed by atoms with van der Waals surface area (Å²) in [7, 11) is 4.47. The molecule has 0 aliphatic heterocycles. The van der Waals surface area contributed by atoms with Gasteiger partial charge in [-0.1, -0.05) is 0 Å². The number of benzene rings is 1. The summed E-state index contributed by atoms with van der Waals surface area (Å²) in [6.45, 7) is -0.747. The van der Waals surface area contributed by atoms with Crippen molar-refractivity contribution in [3.63, 3.8) is 0 Å². The summed E-state index contributed by atoms with van der Waals surface area (Å²) in [5, 5.41) is 17.7. The molecule has 1 aromatic carbocycles. The molecule has 0 saturated heterocycles. The summed E-state index contributed by atoms with van der Waals surface area (Å²) in [6.07, 6.45) is 1.59. The third-order valence-electron chi connectivity index (χ3n) is 2.76. The molecule has 0 radical (unpaired) electrons. The molecule has 1 atom stereocenters. The molecule has 1 aromatic rings. The first-order valence-electron chi connectivity index (χ1n) is 6.50. The van der Waals surface area contributed by atoms with Gasteiger partial charge < -0.3 is 29.2 Å². The van der Waals surface area contributed by atoms with E-state index in [4.69, 9.17) is 29.2 Å². The van der Waals surface area contributed by atoms with Crippen molar-refractivity contribution in [3.8, 4) is 17.2 Å². The van der Waals surface area contributed by atoms with Crippen LogP contribution in [0.3, 0.4) is 0 Å². The topological polar surface area (TPSA) is 94.5 Å². The maximum atomic E-state index is 11.5. The minimum absolute atomic E-state index is 0.275. The first-order chi connectivity index (χ1) is 10.6. The highest BCUT2D eigenvalue weighted by molar-refractivity contribution is 5.88. The zero-order valence-corrected chi connectivity index (χ0v) is 12.7. The molecule has 0 bridgehead atoms. The Labute approximate surface area is 128 Å². The van der Waals surface area contributed by atoms with Crippen LogP contribution in [-0.2, 0) is 9.53 Å². The van der Waals surface area contributed by atoms with Gasteiger partial charge >= 0.3 is 5.97 Å². The van der Waals surface area contributed by atoms with Crippen LogP contribution in [0.2, 0.25) is 0 Å². The molecule has 1 rings (SSSR count). The summed E-state index contributed by atoms with van der Waals surface area (Å²) >= 11 is 0. The van der Waals surface area contributed by atoms with Gasteiger partial charge in [-0.3, -0.25) is 0 Å². The number of rotatable bonds is 8. The first-order valence-corrected chi connectivity index (χ1v) is 6.50. The average Bonchev–Trinajstić information content (AvgIpc) is 2.56. The molecule has 0 saturated carbocycles. The quantitative estimate of drug-likeness (QED) is 0.537. The Kier molecular flexibility index (Phi) is 7.21. The van der Waals surface area contributed by atoms with Crippen LogP contribution in [-0.4, -0.2) is 56.8 Å². The number of aliphatic hydroxyl groups excluding tert-OH is 2. The molecule has 22 heavy (non-hydrogen) atoms. The molecule has 0 aliphatic rings. The number of hydrogen-bond acceptors (Lipinski definition) is 7. The smallest absolute Gasteiger partial charge is 0.330 e. The zero-order chi connectivity index (χ0) is 16.5. The number of methoxy groups -OCH3 is 3. The van der Waals surface area contributed by atoms with E-state index in [9.17, 15) is 4.79 Å². The highest BCUT2D eigenvalue weighted by Crippen LogP contribution is 2.40. The van der Waals surface area contributed by atoms with Crippen LogP contribution in [0.5, 0.6) is 17.2 Å². The molecule has 0 amide bonds. The van der Waals surface area contributed by atoms with Crippen LogP contribution >= 0.6 is 0 Å². The summed E-state index contributed by atoms with van der Waals surface area (Å²) in [5.41, 5.74) is 0.597.